The van der Waals surface area contributed by atoms with Crippen LogP contribution in [0.2, 0.25) is 0 Å². The van der Waals surface area contributed by atoms with Crippen molar-refractivity contribution in [2.45, 2.75) is 26.8 Å². The van der Waals surface area contributed by atoms with Crippen LogP contribution in [0.4, 0.5) is 11.4 Å². The Kier molecular flexibility index (Phi) is 5.37. The number of anilines is 2. The highest BCUT2D eigenvalue weighted by molar-refractivity contribution is 5.97. The highest BCUT2D eigenvalue weighted by atomic mass is 16.4. The molecule has 0 bridgehead atoms. The van der Waals surface area contributed by atoms with E-state index in [0.717, 1.165) is 0 Å². The van der Waals surface area contributed by atoms with E-state index in [-0.39, 0.29) is 29.7 Å². The Labute approximate surface area is 118 Å². The van der Waals surface area contributed by atoms with E-state index >= 15 is 0 Å². The third kappa shape index (κ3) is 3.88. The molecular weight excluding hydrogens is 258 g/mol. The number of benzene rings is 1. The minimum Gasteiger partial charge on any atom is -0.478 e. The first-order chi connectivity index (χ1) is 9.36. The van der Waals surface area contributed by atoms with Gasteiger partial charge in [-0.05, 0) is 32.9 Å². The van der Waals surface area contributed by atoms with Gasteiger partial charge < -0.3 is 21.1 Å². The number of para-hydroxylation sites is 1. The smallest absolute Gasteiger partial charge is 0.337 e. The molecule has 0 aromatic heterocycles. The van der Waals surface area contributed by atoms with Crippen molar-refractivity contribution in [3.8, 4) is 0 Å². The number of likely N-dealkylation sites (N-methyl/N-ethyl adjacent to an activating group) is 1. The molecule has 0 aliphatic heterocycles. The van der Waals surface area contributed by atoms with Crippen molar-refractivity contribution in [3.63, 3.8) is 0 Å². The van der Waals surface area contributed by atoms with Crippen molar-refractivity contribution >= 4 is 23.3 Å². The lowest BCUT2D eigenvalue weighted by Crippen LogP contribution is -2.40. The van der Waals surface area contributed by atoms with E-state index < -0.39 is 5.97 Å². The number of carboxylic acids is 1. The Bertz CT molecular complexity index is 500. The zero-order valence-electron chi connectivity index (χ0n) is 12.0. The molecule has 6 nitrogen and oxygen atoms in total. The molecule has 0 fully saturated rings. The summed E-state index contributed by atoms with van der Waals surface area (Å²) >= 11 is 0. The lowest BCUT2D eigenvalue weighted by atomic mass is 10.1. The molecule has 1 aromatic rings. The molecule has 0 heterocycles. The Morgan fingerprint density at radius 2 is 2.05 bits per heavy atom. The predicted octanol–water partition coefficient (Wildman–Crippen LogP) is 1.32. The number of nitrogen functional groups attached to an aromatic ring is 1. The monoisotopic (exact) mass is 279 g/mol. The summed E-state index contributed by atoms with van der Waals surface area (Å²) in [5.41, 5.74) is 6.67. The van der Waals surface area contributed by atoms with E-state index in [9.17, 15) is 9.59 Å². The Hall–Kier alpha value is -2.24. The fraction of sp³-hybridized carbons (Fsp3) is 0.429. The number of carbonyl (C=O) groups is 2. The van der Waals surface area contributed by atoms with Crippen LogP contribution in [0.25, 0.3) is 0 Å². The lowest BCUT2D eigenvalue weighted by Gasteiger charge is -2.25. The van der Waals surface area contributed by atoms with Crippen LogP contribution in [-0.4, -0.2) is 36.1 Å². The lowest BCUT2D eigenvalue weighted by molar-refractivity contribution is -0.120. The van der Waals surface area contributed by atoms with Gasteiger partial charge in [-0.25, -0.2) is 4.79 Å². The van der Waals surface area contributed by atoms with Gasteiger partial charge >= 0.3 is 5.97 Å². The van der Waals surface area contributed by atoms with Gasteiger partial charge in [0.2, 0.25) is 5.91 Å². The molecular formula is C14H21N3O3. The second-order valence-corrected chi connectivity index (χ2v) is 4.78. The number of aromatic carboxylic acids is 1. The number of hydrogen-bond acceptors (Lipinski definition) is 4. The molecule has 0 radical (unpaired) electrons. The molecule has 0 saturated heterocycles. The maximum absolute atomic E-state index is 11.8. The van der Waals surface area contributed by atoms with Gasteiger partial charge in [0, 0.05) is 12.6 Å². The third-order valence-electron chi connectivity index (χ3n) is 2.82. The zero-order valence-corrected chi connectivity index (χ0v) is 12.0. The van der Waals surface area contributed by atoms with Crippen LogP contribution in [0.5, 0.6) is 0 Å². The first-order valence-corrected chi connectivity index (χ1v) is 6.52. The van der Waals surface area contributed by atoms with Crippen molar-refractivity contribution in [2.75, 3.05) is 23.7 Å². The number of amides is 1. The zero-order chi connectivity index (χ0) is 15.3. The van der Waals surface area contributed by atoms with Crippen LogP contribution < -0.4 is 16.0 Å². The molecule has 0 spiro atoms. The van der Waals surface area contributed by atoms with Crippen LogP contribution in [0.15, 0.2) is 18.2 Å². The Balaban J connectivity index is 2.98. The van der Waals surface area contributed by atoms with Crippen molar-refractivity contribution < 1.29 is 14.7 Å². The first kappa shape index (κ1) is 15.8. The van der Waals surface area contributed by atoms with Gasteiger partial charge in [0.25, 0.3) is 0 Å². The molecule has 6 heteroatoms. The molecule has 20 heavy (non-hydrogen) atoms. The van der Waals surface area contributed by atoms with Crippen molar-refractivity contribution in [3.05, 3.63) is 23.8 Å². The van der Waals surface area contributed by atoms with Gasteiger partial charge in [-0.15, -0.1) is 0 Å². The molecule has 1 amide bonds. The van der Waals surface area contributed by atoms with Crippen molar-refractivity contribution in [2.24, 2.45) is 0 Å². The molecule has 0 unspecified atom stereocenters. The SMILES string of the molecule is CCN(CC(=O)NC(C)C)c1cccc(C(=O)O)c1N. The minimum absolute atomic E-state index is 0.0465. The highest BCUT2D eigenvalue weighted by Crippen LogP contribution is 2.26. The fourth-order valence-corrected chi connectivity index (χ4v) is 1.92. The molecule has 0 atom stereocenters. The molecule has 1 aromatic carbocycles. The summed E-state index contributed by atoms with van der Waals surface area (Å²) in [6.07, 6.45) is 0. The van der Waals surface area contributed by atoms with Crippen LogP contribution >= 0.6 is 0 Å². The summed E-state index contributed by atoms with van der Waals surface area (Å²) < 4.78 is 0. The number of rotatable bonds is 6. The van der Waals surface area contributed by atoms with Crippen LogP contribution in [0, 0.1) is 0 Å². The minimum atomic E-state index is -1.08. The second kappa shape index (κ2) is 6.79. The van der Waals surface area contributed by atoms with E-state index in [4.69, 9.17) is 10.8 Å². The van der Waals surface area contributed by atoms with Crippen LogP contribution in [-0.2, 0) is 4.79 Å². The van der Waals surface area contributed by atoms with E-state index in [1.807, 2.05) is 20.8 Å². The summed E-state index contributed by atoms with van der Waals surface area (Å²) in [4.78, 5) is 24.6. The number of carbonyl (C=O) groups excluding carboxylic acids is 1. The van der Waals surface area contributed by atoms with Gasteiger partial charge in [0.15, 0.2) is 0 Å². The standard InChI is InChI=1S/C14H21N3O3/c1-4-17(8-12(18)16-9(2)3)11-7-5-6-10(13(11)15)14(19)20/h5-7,9H,4,8,15H2,1-3H3,(H,16,18)(H,19,20). The number of nitrogens with one attached hydrogen (secondary N) is 1. The highest BCUT2D eigenvalue weighted by Gasteiger charge is 2.17. The number of nitrogens with two attached hydrogens (primary N) is 1. The average molecular weight is 279 g/mol. The maximum Gasteiger partial charge on any atom is 0.337 e. The van der Waals surface area contributed by atoms with Crippen molar-refractivity contribution in [1.29, 1.82) is 0 Å². The van der Waals surface area contributed by atoms with Gasteiger partial charge in [-0.1, -0.05) is 6.07 Å². The summed E-state index contributed by atoms with van der Waals surface area (Å²) in [5, 5.41) is 11.9. The van der Waals surface area contributed by atoms with E-state index in [1.54, 1.807) is 17.0 Å². The largest absolute Gasteiger partial charge is 0.478 e. The molecule has 4 N–H and O–H groups in total. The van der Waals surface area contributed by atoms with Crippen molar-refractivity contribution in [1.82, 2.24) is 5.32 Å². The van der Waals surface area contributed by atoms with Gasteiger partial charge in [0.1, 0.15) is 0 Å². The maximum atomic E-state index is 11.8. The molecule has 0 saturated carbocycles. The van der Waals surface area contributed by atoms with Gasteiger partial charge in [-0.3, -0.25) is 4.79 Å². The normalized spacial score (nSPS) is 10.4. The number of carboxylic acid groups (broad SMARTS) is 1. The Morgan fingerprint density at radius 1 is 1.40 bits per heavy atom. The number of hydrogen-bond donors (Lipinski definition) is 3. The molecule has 110 valence electrons. The molecule has 0 aliphatic rings. The predicted molar refractivity (Wildman–Crippen MR) is 79.0 cm³/mol. The Morgan fingerprint density at radius 3 is 2.55 bits per heavy atom. The van der Waals surface area contributed by atoms with E-state index in [0.29, 0.717) is 12.2 Å². The topological polar surface area (TPSA) is 95.7 Å². The number of nitrogens with zero attached hydrogens (tertiary/aromatic N) is 1. The quantitative estimate of drug-likeness (QED) is 0.682. The summed E-state index contributed by atoms with van der Waals surface area (Å²) in [7, 11) is 0. The fourth-order valence-electron chi connectivity index (χ4n) is 1.92. The van der Waals surface area contributed by atoms with Gasteiger partial charge in [0.05, 0.1) is 23.5 Å². The first-order valence-electron chi connectivity index (χ1n) is 6.52. The summed E-state index contributed by atoms with van der Waals surface area (Å²) in [6, 6.07) is 4.85. The van der Waals surface area contributed by atoms with E-state index in [2.05, 4.69) is 5.32 Å². The second-order valence-electron chi connectivity index (χ2n) is 4.78. The molecule has 1 rings (SSSR count). The molecule has 0 aliphatic carbocycles. The summed E-state index contributed by atoms with van der Waals surface area (Å²) in [5.74, 6) is -1.20. The van der Waals surface area contributed by atoms with E-state index in [1.165, 1.54) is 6.07 Å². The van der Waals surface area contributed by atoms with Crippen LogP contribution in [0.1, 0.15) is 31.1 Å². The summed E-state index contributed by atoms with van der Waals surface area (Å²) in [6.45, 7) is 6.34. The van der Waals surface area contributed by atoms with Gasteiger partial charge in [-0.2, -0.15) is 0 Å². The average Bonchev–Trinajstić information content (AvgIpc) is 2.35. The van der Waals surface area contributed by atoms with Crippen LogP contribution in [0.3, 0.4) is 0 Å². The third-order valence-corrected chi connectivity index (χ3v) is 2.82.